The predicted molar refractivity (Wildman–Crippen MR) is 24.5 cm³/mol. The highest BCUT2D eigenvalue weighted by atomic mass is 19.4. The van der Waals surface area contributed by atoms with E-state index in [1.54, 1.807) is 0 Å². The second-order valence-electron chi connectivity index (χ2n) is 1.75. The van der Waals surface area contributed by atoms with E-state index >= 15 is 0 Å². The molecule has 0 saturated carbocycles. The Morgan fingerprint density at radius 1 is 0.846 bits per heavy atom. The maximum Gasteiger partial charge on any atom is 0.484 e. The summed E-state index contributed by atoms with van der Waals surface area (Å²) >= 11 is 0. The molecule has 13 heavy (non-hydrogen) atoms. The molecule has 0 bridgehead atoms. The molecule has 0 atom stereocenters. The predicted octanol–water partition coefficient (Wildman–Crippen LogP) is 2.77. The highest BCUT2D eigenvalue weighted by molar-refractivity contribution is 5.04. The molecule has 78 valence electrons. The van der Waals surface area contributed by atoms with Crippen LogP contribution >= 0.6 is 0 Å². The first-order chi connectivity index (χ1) is 5.54. The molecule has 0 aromatic carbocycles. The van der Waals surface area contributed by atoms with Gasteiger partial charge in [-0.3, -0.25) is 5.32 Å². The molecule has 0 aliphatic heterocycles. The summed E-state index contributed by atoms with van der Waals surface area (Å²) in [4.78, 5) is 0. The van der Waals surface area contributed by atoms with E-state index in [0.29, 0.717) is 0 Å². The smallest absolute Gasteiger partial charge is 0.271 e. The Hall–Kier alpha value is -1.02. The van der Waals surface area contributed by atoms with E-state index in [-0.39, 0.29) is 5.32 Å². The molecule has 0 rings (SSSR count). The lowest BCUT2D eigenvalue weighted by Gasteiger charge is -2.09. The molecule has 1 N–H and O–H groups in total. The number of hydrogen-bond acceptors (Lipinski definition) is 1. The van der Waals surface area contributed by atoms with E-state index < -0.39 is 24.3 Å². The normalized spacial score (nSPS) is 15.4. The molecule has 0 unspecified atom stereocenters. The van der Waals surface area contributed by atoms with Crippen LogP contribution in [0.3, 0.4) is 0 Å². The lowest BCUT2D eigenvalue weighted by Crippen LogP contribution is -2.31. The van der Waals surface area contributed by atoms with Gasteiger partial charge >= 0.3 is 12.5 Å². The van der Waals surface area contributed by atoms with Crippen LogP contribution in [-0.4, -0.2) is 12.5 Å². The van der Waals surface area contributed by atoms with Crippen molar-refractivity contribution in [3.05, 3.63) is 11.8 Å². The largest absolute Gasteiger partial charge is 0.484 e. The van der Waals surface area contributed by atoms with E-state index in [4.69, 9.17) is 0 Å². The molecule has 0 radical (unpaired) electrons. The van der Waals surface area contributed by atoms with Gasteiger partial charge in [0.25, 0.3) is 5.83 Å². The molecule has 0 heterocycles. The van der Waals surface area contributed by atoms with Crippen molar-refractivity contribution in [1.29, 1.82) is 0 Å². The third-order valence-corrected chi connectivity index (χ3v) is 0.693. The number of alkyl halides is 6. The second kappa shape index (κ2) is 3.38. The van der Waals surface area contributed by atoms with Gasteiger partial charge in [0.1, 0.15) is 0 Å². The van der Waals surface area contributed by atoms with Gasteiger partial charge in [0.2, 0.25) is 5.95 Å². The van der Waals surface area contributed by atoms with E-state index in [1.807, 2.05) is 0 Å². The highest BCUT2D eigenvalue weighted by Gasteiger charge is 2.41. The van der Waals surface area contributed by atoms with Crippen LogP contribution in [0.4, 0.5) is 35.1 Å². The molecule has 0 aliphatic rings. The number of hydrogen-bond donors (Lipinski definition) is 1. The van der Waals surface area contributed by atoms with E-state index in [0.717, 1.165) is 0 Å². The fraction of sp³-hybridized carbons (Fsp3) is 0.500. The van der Waals surface area contributed by atoms with Crippen molar-refractivity contribution in [3.63, 3.8) is 0 Å². The molecule has 0 saturated heterocycles. The fourth-order valence-electron chi connectivity index (χ4n) is 0.304. The topological polar surface area (TPSA) is 12.0 Å². The molecule has 9 heteroatoms. The Labute approximate surface area is 66.0 Å². The van der Waals surface area contributed by atoms with Gasteiger partial charge in [0.05, 0.1) is 0 Å². The lowest BCUT2D eigenvalue weighted by molar-refractivity contribution is -0.157. The molecule has 0 spiro atoms. The molecular formula is C4HF8N. The van der Waals surface area contributed by atoms with Crippen LogP contribution in [0.25, 0.3) is 0 Å². The van der Waals surface area contributed by atoms with Gasteiger partial charge in [0, 0.05) is 0 Å². The summed E-state index contributed by atoms with van der Waals surface area (Å²) in [7, 11) is 0. The van der Waals surface area contributed by atoms with Gasteiger partial charge in [0.15, 0.2) is 0 Å². The lowest BCUT2D eigenvalue weighted by atomic mass is 10.5. The van der Waals surface area contributed by atoms with Crippen molar-refractivity contribution in [3.8, 4) is 0 Å². The van der Waals surface area contributed by atoms with Gasteiger partial charge in [-0.2, -0.15) is 35.1 Å². The molecule has 0 amide bonds. The quantitative estimate of drug-likeness (QED) is 0.523. The van der Waals surface area contributed by atoms with Crippen LogP contribution < -0.4 is 5.32 Å². The highest BCUT2D eigenvalue weighted by Crippen LogP contribution is 2.30. The second-order valence-corrected chi connectivity index (χ2v) is 1.75. The minimum absolute atomic E-state index is 0.257. The molecular weight excluding hydrogens is 214 g/mol. The minimum atomic E-state index is -5.78. The standard InChI is InChI=1S/C4HF8N/c5-1(3(7,8)9)2(6)13-4(10,11)12/h13H/b2-1-. The van der Waals surface area contributed by atoms with E-state index in [9.17, 15) is 35.1 Å². The summed E-state index contributed by atoms with van der Waals surface area (Å²) in [6.07, 6.45) is -11.2. The van der Waals surface area contributed by atoms with Crippen molar-refractivity contribution in [2.45, 2.75) is 12.5 Å². The van der Waals surface area contributed by atoms with Crippen molar-refractivity contribution < 1.29 is 35.1 Å². The molecule has 0 aromatic rings. The first kappa shape index (κ1) is 12.0. The number of rotatable bonds is 1. The van der Waals surface area contributed by atoms with Crippen molar-refractivity contribution in [2.24, 2.45) is 0 Å². The Balaban J connectivity index is 4.65. The summed E-state index contributed by atoms with van der Waals surface area (Å²) in [6, 6.07) is 0. The average Bonchev–Trinajstić information content (AvgIpc) is 1.79. The van der Waals surface area contributed by atoms with Gasteiger partial charge < -0.3 is 0 Å². The van der Waals surface area contributed by atoms with Gasteiger partial charge in [-0.15, -0.1) is 0 Å². The summed E-state index contributed by atoms with van der Waals surface area (Å²) in [6.45, 7) is 0. The van der Waals surface area contributed by atoms with Crippen molar-refractivity contribution in [1.82, 2.24) is 5.32 Å². The third-order valence-electron chi connectivity index (χ3n) is 0.693. The maximum atomic E-state index is 11.7. The Kier molecular flexibility index (Phi) is 3.12. The van der Waals surface area contributed by atoms with Crippen LogP contribution in [0.15, 0.2) is 11.8 Å². The zero-order chi connectivity index (χ0) is 10.9. The first-order valence-corrected chi connectivity index (χ1v) is 2.51. The summed E-state index contributed by atoms with van der Waals surface area (Å²) in [5.74, 6) is -6.56. The van der Waals surface area contributed by atoms with Crippen LogP contribution in [0, 0.1) is 0 Å². The first-order valence-electron chi connectivity index (χ1n) is 2.51. The van der Waals surface area contributed by atoms with Gasteiger partial charge in [-0.1, -0.05) is 0 Å². The van der Waals surface area contributed by atoms with Crippen LogP contribution in [0.5, 0.6) is 0 Å². The molecule has 0 aromatic heterocycles. The number of allylic oxidation sites excluding steroid dienone is 1. The summed E-state index contributed by atoms with van der Waals surface area (Å²) in [5.41, 5.74) is 0. The van der Waals surface area contributed by atoms with E-state index in [1.165, 1.54) is 0 Å². The molecule has 1 nitrogen and oxygen atoms in total. The molecule has 0 aliphatic carbocycles. The summed E-state index contributed by atoms with van der Waals surface area (Å²) < 4.78 is 90.4. The maximum absolute atomic E-state index is 11.7. The zero-order valence-electron chi connectivity index (χ0n) is 5.52. The van der Waals surface area contributed by atoms with Crippen LogP contribution in [0.1, 0.15) is 0 Å². The monoisotopic (exact) mass is 215 g/mol. The van der Waals surface area contributed by atoms with Crippen molar-refractivity contribution >= 4 is 0 Å². The SMILES string of the molecule is F/C(NC(F)(F)F)=C(/F)C(F)(F)F. The Morgan fingerprint density at radius 2 is 1.23 bits per heavy atom. The Morgan fingerprint density at radius 3 is 1.46 bits per heavy atom. The number of halogens is 8. The minimum Gasteiger partial charge on any atom is -0.271 e. The average molecular weight is 215 g/mol. The van der Waals surface area contributed by atoms with Crippen LogP contribution in [-0.2, 0) is 0 Å². The van der Waals surface area contributed by atoms with Crippen LogP contribution in [0.2, 0.25) is 0 Å². The number of nitrogens with one attached hydrogen (secondary N) is 1. The molecule has 0 fully saturated rings. The van der Waals surface area contributed by atoms with Crippen molar-refractivity contribution in [2.75, 3.05) is 0 Å². The summed E-state index contributed by atoms with van der Waals surface area (Å²) in [5, 5.41) is -0.257. The van der Waals surface area contributed by atoms with Gasteiger partial charge in [-0.25, -0.2) is 0 Å². The Bertz CT molecular complexity index is 209. The van der Waals surface area contributed by atoms with E-state index in [2.05, 4.69) is 0 Å². The zero-order valence-corrected chi connectivity index (χ0v) is 5.52. The third kappa shape index (κ3) is 4.53. The fourth-order valence-corrected chi connectivity index (χ4v) is 0.304. The van der Waals surface area contributed by atoms with Gasteiger partial charge in [-0.05, 0) is 0 Å².